The Kier molecular flexibility index (Phi) is 3.44. The Morgan fingerprint density at radius 3 is 2.77 bits per heavy atom. The first kappa shape index (κ1) is 15.3. The second kappa shape index (κ2) is 4.95. The summed E-state index contributed by atoms with van der Waals surface area (Å²) in [5.74, 6) is -0.889. The second-order valence-corrected chi connectivity index (χ2v) is 7.94. The summed E-state index contributed by atoms with van der Waals surface area (Å²) in [5.41, 5.74) is 10.6. The van der Waals surface area contributed by atoms with Gasteiger partial charge in [0.25, 0.3) is 0 Å². The molecule has 116 valence electrons. The van der Waals surface area contributed by atoms with Crippen molar-refractivity contribution in [1.29, 1.82) is 0 Å². The van der Waals surface area contributed by atoms with Crippen LogP contribution in [-0.2, 0) is 15.5 Å². The molecule has 10 heteroatoms. The van der Waals surface area contributed by atoms with Crippen LogP contribution in [0.25, 0.3) is 0 Å². The van der Waals surface area contributed by atoms with Crippen LogP contribution in [0.15, 0.2) is 38.1 Å². The van der Waals surface area contributed by atoms with E-state index in [9.17, 15) is 12.8 Å². The number of thioether (sulfide) groups is 1. The molecule has 0 bridgehead atoms. The molecule has 3 rings (SSSR count). The molecule has 7 nitrogen and oxygen atoms in total. The number of aliphatic imine (C=N–C) groups is 3. The van der Waals surface area contributed by atoms with E-state index in [4.69, 9.17) is 11.5 Å². The summed E-state index contributed by atoms with van der Waals surface area (Å²) in [4.78, 5) is 11.9. The average Bonchev–Trinajstić information content (AvgIpc) is 2.79. The third kappa shape index (κ3) is 2.37. The predicted molar refractivity (Wildman–Crippen MR) is 84.3 cm³/mol. The number of hydrogen-bond donors (Lipinski definition) is 2. The van der Waals surface area contributed by atoms with Crippen LogP contribution in [0.2, 0.25) is 0 Å². The van der Waals surface area contributed by atoms with Crippen molar-refractivity contribution in [1.82, 2.24) is 0 Å². The molecular formula is C12H12FN5O2S2. The average molecular weight is 341 g/mol. The minimum atomic E-state index is -3.66. The lowest BCUT2D eigenvalue weighted by Gasteiger charge is -2.27. The van der Waals surface area contributed by atoms with E-state index in [0.717, 1.165) is 18.4 Å². The summed E-state index contributed by atoms with van der Waals surface area (Å²) in [6.07, 6.45) is 2.20. The Hall–Kier alpha value is -1.62. The van der Waals surface area contributed by atoms with Crippen LogP contribution >= 0.6 is 11.8 Å². The Morgan fingerprint density at radius 2 is 2.14 bits per heavy atom. The van der Waals surface area contributed by atoms with Crippen molar-refractivity contribution in [2.24, 2.45) is 26.4 Å². The molecular weight excluding hydrogens is 329 g/mol. The molecule has 2 aliphatic heterocycles. The highest BCUT2D eigenvalue weighted by atomic mass is 32.2. The van der Waals surface area contributed by atoms with Gasteiger partial charge in [-0.3, -0.25) is 10.7 Å². The van der Waals surface area contributed by atoms with Gasteiger partial charge in [0, 0.05) is 11.8 Å². The molecule has 0 spiro atoms. The summed E-state index contributed by atoms with van der Waals surface area (Å²) in [5, 5.41) is 0.526. The monoisotopic (exact) mass is 341 g/mol. The molecule has 1 aromatic rings. The zero-order chi connectivity index (χ0) is 16.1. The lowest BCUT2D eigenvalue weighted by molar-refractivity contribution is 0.562. The van der Waals surface area contributed by atoms with E-state index in [0.29, 0.717) is 10.8 Å². The van der Waals surface area contributed by atoms with Gasteiger partial charge in [-0.25, -0.2) is 22.8 Å². The zero-order valence-electron chi connectivity index (χ0n) is 11.4. The molecule has 0 saturated carbocycles. The maximum atomic E-state index is 14.1. The van der Waals surface area contributed by atoms with Gasteiger partial charge in [-0.1, -0.05) is 17.8 Å². The largest absolute Gasteiger partial charge is 0.301 e. The molecule has 0 aromatic heterocycles. The molecule has 1 aromatic carbocycles. The molecule has 0 saturated heterocycles. The van der Waals surface area contributed by atoms with Crippen molar-refractivity contribution < 1.29 is 12.8 Å². The molecule has 0 aliphatic carbocycles. The molecule has 2 atom stereocenters. The molecule has 4 N–H and O–H groups in total. The van der Waals surface area contributed by atoms with E-state index in [2.05, 4.69) is 15.0 Å². The van der Waals surface area contributed by atoms with Crippen LogP contribution < -0.4 is 11.5 Å². The molecule has 2 aliphatic rings. The summed E-state index contributed by atoms with van der Waals surface area (Å²) < 4.78 is 37.1. The van der Waals surface area contributed by atoms with E-state index in [1.54, 1.807) is 0 Å². The van der Waals surface area contributed by atoms with E-state index < -0.39 is 31.7 Å². The number of hydrogen-bond acceptors (Lipinski definition) is 8. The van der Waals surface area contributed by atoms with Gasteiger partial charge in [-0.15, -0.1) is 0 Å². The number of nitrogens with zero attached hydrogens (tertiary/aromatic N) is 3. The van der Waals surface area contributed by atoms with Crippen molar-refractivity contribution in [2.45, 2.75) is 16.1 Å². The minimum absolute atomic E-state index is 0.273. The van der Waals surface area contributed by atoms with E-state index in [1.165, 1.54) is 24.2 Å². The topological polar surface area (TPSA) is 123 Å². The Labute approximate surface area is 130 Å². The standard InChI is InChI=1S/C12H12FN5O2S2/c1-22(19,20)8-3-2-6(4-7(8)13)12(15)9-10(16-5-17-12)21-11(14)18-9/h2-5,11H,14-15H2,1H3. The van der Waals surface area contributed by atoms with Crippen LogP contribution in [0.3, 0.4) is 0 Å². The third-order valence-electron chi connectivity index (χ3n) is 3.26. The van der Waals surface area contributed by atoms with Gasteiger partial charge >= 0.3 is 0 Å². The van der Waals surface area contributed by atoms with Gasteiger partial charge in [-0.05, 0) is 12.1 Å². The fourth-order valence-corrected chi connectivity index (χ4v) is 3.76. The van der Waals surface area contributed by atoms with Crippen molar-refractivity contribution in [2.75, 3.05) is 6.26 Å². The number of benzene rings is 1. The van der Waals surface area contributed by atoms with Crippen molar-refractivity contribution >= 4 is 38.7 Å². The number of fused-ring (bicyclic) bond motifs is 1. The lowest BCUT2D eigenvalue weighted by atomic mass is 9.95. The molecule has 0 amide bonds. The minimum Gasteiger partial charge on any atom is -0.301 e. The van der Waals surface area contributed by atoms with Gasteiger partial charge in [0.2, 0.25) is 0 Å². The summed E-state index contributed by atoms with van der Waals surface area (Å²) in [6.45, 7) is 0. The van der Waals surface area contributed by atoms with Crippen LogP contribution in [0, 0.1) is 5.82 Å². The molecule has 0 fully saturated rings. The van der Waals surface area contributed by atoms with Gasteiger partial charge in [0.1, 0.15) is 27.8 Å². The molecule has 0 radical (unpaired) electrons. The fourth-order valence-electron chi connectivity index (χ4n) is 2.22. The van der Waals surface area contributed by atoms with Gasteiger partial charge in [0.05, 0.1) is 0 Å². The first-order valence-corrected chi connectivity index (χ1v) is 8.90. The zero-order valence-corrected chi connectivity index (χ0v) is 13.0. The Balaban J connectivity index is 2.12. The molecule has 2 unspecified atom stereocenters. The van der Waals surface area contributed by atoms with Gasteiger partial charge in [0.15, 0.2) is 21.0 Å². The number of nitrogens with two attached hydrogens (primary N) is 2. The first-order valence-electron chi connectivity index (χ1n) is 6.13. The SMILES string of the molecule is CS(=O)(=O)c1ccc(C2(N)N=CN=C3SC(N)N=C32)cc1F. The molecule has 22 heavy (non-hydrogen) atoms. The summed E-state index contributed by atoms with van der Waals surface area (Å²) in [6, 6.07) is 3.63. The summed E-state index contributed by atoms with van der Waals surface area (Å²) in [7, 11) is -3.66. The van der Waals surface area contributed by atoms with Crippen LogP contribution in [0.4, 0.5) is 4.39 Å². The van der Waals surface area contributed by atoms with Crippen LogP contribution in [-0.4, -0.2) is 37.3 Å². The van der Waals surface area contributed by atoms with Gasteiger partial charge in [-0.2, -0.15) is 0 Å². The normalized spacial score (nSPS) is 27.4. The highest BCUT2D eigenvalue weighted by molar-refractivity contribution is 8.16. The number of rotatable bonds is 2. The highest BCUT2D eigenvalue weighted by Crippen LogP contribution is 2.34. The Bertz CT molecular complexity index is 849. The summed E-state index contributed by atoms with van der Waals surface area (Å²) >= 11 is 1.22. The first-order chi connectivity index (χ1) is 10.2. The van der Waals surface area contributed by atoms with Gasteiger partial charge < -0.3 is 5.73 Å². The lowest BCUT2D eigenvalue weighted by Crippen LogP contribution is -2.47. The third-order valence-corrected chi connectivity index (χ3v) is 5.26. The maximum absolute atomic E-state index is 14.1. The predicted octanol–water partition coefficient (Wildman–Crippen LogP) is 0.211. The number of halogens is 1. The smallest absolute Gasteiger partial charge is 0.181 e. The second-order valence-electron chi connectivity index (χ2n) is 4.85. The quantitative estimate of drug-likeness (QED) is 0.796. The maximum Gasteiger partial charge on any atom is 0.181 e. The van der Waals surface area contributed by atoms with Crippen molar-refractivity contribution in [3.05, 3.63) is 29.6 Å². The highest BCUT2D eigenvalue weighted by Gasteiger charge is 2.42. The van der Waals surface area contributed by atoms with Crippen molar-refractivity contribution in [3.8, 4) is 0 Å². The Morgan fingerprint density at radius 1 is 1.41 bits per heavy atom. The van der Waals surface area contributed by atoms with Crippen molar-refractivity contribution in [3.63, 3.8) is 0 Å². The van der Waals surface area contributed by atoms with E-state index in [-0.39, 0.29) is 5.56 Å². The fraction of sp³-hybridized carbons (Fsp3) is 0.250. The number of sulfone groups is 1. The van der Waals surface area contributed by atoms with Crippen LogP contribution in [0.5, 0.6) is 0 Å². The van der Waals surface area contributed by atoms with E-state index >= 15 is 0 Å². The van der Waals surface area contributed by atoms with Crippen LogP contribution in [0.1, 0.15) is 5.56 Å². The van der Waals surface area contributed by atoms with E-state index in [1.807, 2.05) is 0 Å². The molecule has 2 heterocycles.